The van der Waals surface area contributed by atoms with Crippen LogP contribution in [-0.2, 0) is 9.47 Å². The Kier molecular flexibility index (Phi) is 3.53. The molecule has 1 saturated heterocycles. The first-order valence-electron chi connectivity index (χ1n) is 5.48. The van der Waals surface area contributed by atoms with Crippen LogP contribution in [-0.4, -0.2) is 48.8 Å². The van der Waals surface area contributed by atoms with E-state index in [1.54, 1.807) is 12.3 Å². The molecule has 0 saturated carbocycles. The van der Waals surface area contributed by atoms with Crippen molar-refractivity contribution in [1.29, 1.82) is 0 Å². The molecule has 1 fully saturated rings. The van der Waals surface area contributed by atoms with Crippen LogP contribution in [0.15, 0.2) is 12.3 Å². The van der Waals surface area contributed by atoms with E-state index in [1.165, 1.54) is 7.11 Å². The van der Waals surface area contributed by atoms with Crippen molar-refractivity contribution in [3.05, 3.63) is 18.0 Å². The molecule has 1 aromatic heterocycles. The lowest BCUT2D eigenvalue weighted by molar-refractivity contribution is 0.0593. The summed E-state index contributed by atoms with van der Waals surface area (Å²) in [5, 5.41) is 0. The number of morpholine rings is 1. The van der Waals surface area contributed by atoms with Gasteiger partial charge in [-0.25, -0.2) is 14.8 Å². The first-order valence-corrected chi connectivity index (χ1v) is 5.48. The van der Waals surface area contributed by atoms with Gasteiger partial charge in [-0.1, -0.05) is 0 Å². The Labute approximate surface area is 99.6 Å². The first kappa shape index (κ1) is 11.8. The van der Waals surface area contributed by atoms with Gasteiger partial charge in [-0.2, -0.15) is 0 Å². The molecule has 0 spiro atoms. The van der Waals surface area contributed by atoms with Crippen molar-refractivity contribution in [3.8, 4) is 0 Å². The monoisotopic (exact) mass is 237 g/mol. The molecular weight excluding hydrogens is 222 g/mol. The minimum Gasteiger partial charge on any atom is -0.464 e. The van der Waals surface area contributed by atoms with E-state index < -0.39 is 5.97 Å². The van der Waals surface area contributed by atoms with Crippen LogP contribution in [0.4, 0.5) is 5.95 Å². The molecule has 0 radical (unpaired) electrons. The maximum atomic E-state index is 11.4. The van der Waals surface area contributed by atoms with Crippen molar-refractivity contribution >= 4 is 11.9 Å². The fraction of sp³-hybridized carbons (Fsp3) is 0.545. The molecule has 2 rings (SSSR count). The smallest absolute Gasteiger partial charge is 0.356 e. The van der Waals surface area contributed by atoms with E-state index >= 15 is 0 Å². The Morgan fingerprint density at radius 2 is 2.47 bits per heavy atom. The molecule has 1 aromatic rings. The Hall–Kier alpha value is -1.69. The molecular formula is C11H15N3O3. The molecule has 0 bridgehead atoms. The summed E-state index contributed by atoms with van der Waals surface area (Å²) in [6, 6.07) is 1.75. The Morgan fingerprint density at radius 1 is 1.65 bits per heavy atom. The average Bonchev–Trinajstić information content (AvgIpc) is 2.38. The number of hydrogen-bond donors (Lipinski definition) is 0. The van der Waals surface area contributed by atoms with Crippen LogP contribution in [0, 0.1) is 0 Å². The van der Waals surface area contributed by atoms with Crippen molar-refractivity contribution in [3.63, 3.8) is 0 Å². The van der Waals surface area contributed by atoms with Crippen molar-refractivity contribution in [2.75, 3.05) is 31.8 Å². The zero-order valence-electron chi connectivity index (χ0n) is 9.92. The average molecular weight is 237 g/mol. The van der Waals surface area contributed by atoms with Crippen molar-refractivity contribution in [2.24, 2.45) is 0 Å². The third kappa shape index (κ3) is 2.52. The minimum absolute atomic E-state index is 0.205. The van der Waals surface area contributed by atoms with Gasteiger partial charge in [0.1, 0.15) is 0 Å². The Balaban J connectivity index is 2.23. The Morgan fingerprint density at radius 3 is 3.18 bits per heavy atom. The second kappa shape index (κ2) is 5.09. The predicted molar refractivity (Wildman–Crippen MR) is 61.0 cm³/mol. The topological polar surface area (TPSA) is 64.5 Å². The molecule has 6 nitrogen and oxygen atoms in total. The molecule has 1 aliphatic rings. The lowest BCUT2D eigenvalue weighted by atomic mass is 10.3. The zero-order chi connectivity index (χ0) is 12.3. The third-order valence-corrected chi connectivity index (χ3v) is 2.66. The van der Waals surface area contributed by atoms with Crippen LogP contribution < -0.4 is 4.90 Å². The van der Waals surface area contributed by atoms with Gasteiger partial charge in [0.05, 0.1) is 26.4 Å². The van der Waals surface area contributed by atoms with Crippen LogP contribution in [0.5, 0.6) is 0 Å². The second-order valence-corrected chi connectivity index (χ2v) is 3.85. The molecule has 0 aliphatic carbocycles. The van der Waals surface area contributed by atoms with Gasteiger partial charge in [0.25, 0.3) is 0 Å². The van der Waals surface area contributed by atoms with E-state index in [0.717, 1.165) is 6.54 Å². The van der Waals surface area contributed by atoms with Crippen LogP contribution in [0.2, 0.25) is 0 Å². The summed E-state index contributed by atoms with van der Waals surface area (Å²) in [4.78, 5) is 21.8. The third-order valence-electron chi connectivity index (χ3n) is 2.66. The van der Waals surface area contributed by atoms with Gasteiger partial charge in [0.15, 0.2) is 5.69 Å². The second-order valence-electron chi connectivity index (χ2n) is 3.85. The number of hydrogen-bond acceptors (Lipinski definition) is 6. The molecule has 1 atom stereocenters. The minimum atomic E-state index is -0.449. The summed E-state index contributed by atoms with van der Waals surface area (Å²) in [7, 11) is 1.33. The largest absolute Gasteiger partial charge is 0.464 e. The van der Waals surface area contributed by atoms with E-state index in [0.29, 0.717) is 19.2 Å². The summed E-state index contributed by atoms with van der Waals surface area (Å²) in [6.45, 7) is 4.06. The van der Waals surface area contributed by atoms with Crippen LogP contribution in [0.3, 0.4) is 0 Å². The molecule has 92 valence electrons. The number of rotatable bonds is 2. The van der Waals surface area contributed by atoms with Crippen molar-refractivity contribution in [2.45, 2.75) is 13.0 Å². The molecule has 1 aliphatic heterocycles. The highest BCUT2D eigenvalue weighted by Crippen LogP contribution is 2.14. The molecule has 0 unspecified atom stereocenters. The van der Waals surface area contributed by atoms with E-state index in [9.17, 15) is 4.79 Å². The fourth-order valence-electron chi connectivity index (χ4n) is 1.73. The SMILES string of the molecule is COC(=O)c1ccnc(N2CCOC[C@H]2C)n1. The molecule has 6 heteroatoms. The summed E-state index contributed by atoms with van der Waals surface area (Å²) in [5.41, 5.74) is 0.274. The van der Waals surface area contributed by atoms with E-state index in [-0.39, 0.29) is 11.7 Å². The quantitative estimate of drug-likeness (QED) is 0.697. The number of methoxy groups -OCH3 is 1. The zero-order valence-corrected chi connectivity index (χ0v) is 9.92. The molecule has 0 aromatic carbocycles. The summed E-state index contributed by atoms with van der Waals surface area (Å²) in [6.07, 6.45) is 1.57. The van der Waals surface area contributed by atoms with Gasteiger partial charge in [0.2, 0.25) is 5.95 Å². The van der Waals surface area contributed by atoms with E-state index in [1.807, 2.05) is 11.8 Å². The summed E-state index contributed by atoms with van der Waals surface area (Å²) in [5.74, 6) is 0.0956. The lowest BCUT2D eigenvalue weighted by Crippen LogP contribution is -2.44. The number of carbonyl (C=O) groups excluding carboxylic acids is 1. The number of esters is 1. The summed E-state index contributed by atoms with van der Waals surface area (Å²) < 4.78 is 9.98. The molecule has 0 amide bonds. The number of anilines is 1. The van der Waals surface area contributed by atoms with Gasteiger partial charge in [-0.3, -0.25) is 0 Å². The summed E-state index contributed by atoms with van der Waals surface area (Å²) >= 11 is 0. The van der Waals surface area contributed by atoms with Crippen LogP contribution in [0.25, 0.3) is 0 Å². The van der Waals surface area contributed by atoms with Crippen molar-refractivity contribution in [1.82, 2.24) is 9.97 Å². The number of ether oxygens (including phenoxy) is 2. The van der Waals surface area contributed by atoms with Crippen molar-refractivity contribution < 1.29 is 14.3 Å². The highest BCUT2D eigenvalue weighted by molar-refractivity contribution is 5.87. The fourth-order valence-corrected chi connectivity index (χ4v) is 1.73. The van der Waals surface area contributed by atoms with Gasteiger partial charge in [0, 0.05) is 12.7 Å². The number of aromatic nitrogens is 2. The van der Waals surface area contributed by atoms with Gasteiger partial charge in [-0.15, -0.1) is 0 Å². The first-order chi connectivity index (χ1) is 8.22. The lowest BCUT2D eigenvalue weighted by Gasteiger charge is -2.33. The van der Waals surface area contributed by atoms with Gasteiger partial charge >= 0.3 is 5.97 Å². The molecule has 2 heterocycles. The molecule has 17 heavy (non-hydrogen) atoms. The number of nitrogens with zero attached hydrogens (tertiary/aromatic N) is 3. The maximum Gasteiger partial charge on any atom is 0.356 e. The standard InChI is InChI=1S/C11H15N3O3/c1-8-7-17-6-5-14(8)11-12-4-3-9(13-11)10(15)16-2/h3-4,8H,5-7H2,1-2H3/t8-/m1/s1. The maximum absolute atomic E-state index is 11.4. The van der Waals surface area contributed by atoms with Crippen LogP contribution in [0.1, 0.15) is 17.4 Å². The number of carbonyl (C=O) groups is 1. The normalized spacial score (nSPS) is 20.1. The predicted octanol–water partition coefficient (Wildman–Crippen LogP) is 0.488. The Bertz CT molecular complexity index is 411. The van der Waals surface area contributed by atoms with Gasteiger partial charge in [-0.05, 0) is 13.0 Å². The highest BCUT2D eigenvalue weighted by Gasteiger charge is 2.22. The van der Waals surface area contributed by atoms with E-state index in [4.69, 9.17) is 4.74 Å². The van der Waals surface area contributed by atoms with Gasteiger partial charge < -0.3 is 14.4 Å². The molecule has 0 N–H and O–H groups in total. The highest BCUT2D eigenvalue weighted by atomic mass is 16.5. The van der Waals surface area contributed by atoms with E-state index in [2.05, 4.69) is 14.7 Å². The van der Waals surface area contributed by atoms with Crippen LogP contribution >= 0.6 is 0 Å².